The van der Waals surface area contributed by atoms with Gasteiger partial charge in [-0.1, -0.05) is 24.3 Å². The first-order valence-corrected chi connectivity index (χ1v) is 10.3. The molecule has 4 rings (SSSR count). The molecule has 0 spiro atoms. The third-order valence-electron chi connectivity index (χ3n) is 6.30. The molecule has 0 N–H and O–H groups in total. The van der Waals surface area contributed by atoms with Gasteiger partial charge in [0.15, 0.2) is 11.6 Å². The quantitative estimate of drug-likeness (QED) is 0.715. The minimum atomic E-state index is -0.314. The Balaban J connectivity index is 1.27. The van der Waals surface area contributed by atoms with Crippen LogP contribution >= 0.6 is 0 Å². The van der Waals surface area contributed by atoms with E-state index in [1.807, 2.05) is 18.2 Å². The van der Waals surface area contributed by atoms with Crippen molar-refractivity contribution in [3.05, 3.63) is 71.0 Å². The number of aryl methyl sites for hydroxylation is 1. The predicted molar refractivity (Wildman–Crippen MR) is 107 cm³/mol. The lowest BCUT2D eigenvalue weighted by molar-refractivity contribution is 0.0820. The summed E-state index contributed by atoms with van der Waals surface area (Å²) in [4.78, 5) is 27.7. The van der Waals surface area contributed by atoms with E-state index in [1.54, 1.807) is 12.1 Å². The summed E-state index contributed by atoms with van der Waals surface area (Å²) in [6.07, 6.45) is 4.48. The maximum absolute atomic E-state index is 13.0. The molecule has 1 saturated heterocycles. The molecule has 1 aliphatic carbocycles. The first kappa shape index (κ1) is 19.0. The molecule has 1 fully saturated rings. The highest BCUT2D eigenvalue weighted by molar-refractivity contribution is 6.00. The molecule has 1 atom stereocenters. The highest BCUT2D eigenvalue weighted by Gasteiger charge is 2.29. The SMILES string of the molecule is O=C(c1ccc(F)cc1)C1CCN(CCC2CCc3ccccc3C2=O)CC1. The van der Waals surface area contributed by atoms with Crippen molar-refractivity contribution in [2.24, 2.45) is 11.8 Å². The lowest BCUT2D eigenvalue weighted by Crippen LogP contribution is -2.38. The van der Waals surface area contributed by atoms with E-state index >= 15 is 0 Å². The lowest BCUT2D eigenvalue weighted by Gasteiger charge is -2.32. The molecule has 146 valence electrons. The molecular formula is C24H26FNO2. The number of likely N-dealkylation sites (tertiary alicyclic amines) is 1. The van der Waals surface area contributed by atoms with Crippen LogP contribution in [0.1, 0.15) is 52.0 Å². The number of benzene rings is 2. The number of carbonyl (C=O) groups excluding carboxylic acids is 2. The van der Waals surface area contributed by atoms with E-state index in [1.165, 1.54) is 17.7 Å². The molecule has 0 saturated carbocycles. The smallest absolute Gasteiger partial charge is 0.166 e. The zero-order valence-electron chi connectivity index (χ0n) is 16.1. The first-order valence-electron chi connectivity index (χ1n) is 10.3. The van der Waals surface area contributed by atoms with Crippen LogP contribution in [0, 0.1) is 17.7 Å². The molecule has 2 aliphatic rings. The van der Waals surface area contributed by atoms with Crippen LogP contribution in [0.15, 0.2) is 48.5 Å². The number of hydrogen-bond donors (Lipinski definition) is 0. The number of halogens is 1. The van der Waals surface area contributed by atoms with Crippen LogP contribution in [-0.4, -0.2) is 36.1 Å². The maximum atomic E-state index is 13.0. The second-order valence-corrected chi connectivity index (χ2v) is 8.03. The number of nitrogens with zero attached hydrogens (tertiary/aromatic N) is 1. The van der Waals surface area contributed by atoms with Gasteiger partial charge in [0.1, 0.15) is 5.82 Å². The van der Waals surface area contributed by atoms with Gasteiger partial charge in [0.25, 0.3) is 0 Å². The topological polar surface area (TPSA) is 37.4 Å². The fourth-order valence-electron chi connectivity index (χ4n) is 4.54. The van der Waals surface area contributed by atoms with Crippen LogP contribution in [0.25, 0.3) is 0 Å². The molecule has 0 bridgehead atoms. The Kier molecular flexibility index (Phi) is 5.67. The standard InChI is InChI=1S/C24H26FNO2/c25-21-9-7-18(8-10-21)23(27)20-12-15-26(16-13-20)14-11-19-6-5-17-3-1-2-4-22(17)24(19)28/h1-4,7-10,19-20H,5-6,11-16H2. The fraction of sp³-hybridized carbons (Fsp3) is 0.417. The van der Waals surface area contributed by atoms with Crippen molar-refractivity contribution in [2.75, 3.05) is 19.6 Å². The van der Waals surface area contributed by atoms with Crippen molar-refractivity contribution in [2.45, 2.75) is 32.1 Å². The van der Waals surface area contributed by atoms with Gasteiger partial charge in [-0.05, 0) is 81.6 Å². The van der Waals surface area contributed by atoms with Gasteiger partial charge in [0, 0.05) is 23.0 Å². The van der Waals surface area contributed by atoms with Crippen molar-refractivity contribution in [1.29, 1.82) is 0 Å². The highest BCUT2D eigenvalue weighted by atomic mass is 19.1. The normalized spacial score (nSPS) is 20.8. The molecule has 3 nitrogen and oxygen atoms in total. The monoisotopic (exact) mass is 379 g/mol. The lowest BCUT2D eigenvalue weighted by atomic mass is 9.81. The third kappa shape index (κ3) is 4.07. The van der Waals surface area contributed by atoms with Gasteiger partial charge in [-0.15, -0.1) is 0 Å². The molecule has 1 aliphatic heterocycles. The molecule has 4 heteroatoms. The fourth-order valence-corrected chi connectivity index (χ4v) is 4.54. The second-order valence-electron chi connectivity index (χ2n) is 8.03. The van der Waals surface area contributed by atoms with E-state index in [-0.39, 0.29) is 23.4 Å². The van der Waals surface area contributed by atoms with Crippen molar-refractivity contribution >= 4 is 11.6 Å². The molecule has 0 aromatic heterocycles. The third-order valence-corrected chi connectivity index (χ3v) is 6.30. The van der Waals surface area contributed by atoms with Gasteiger partial charge in [-0.2, -0.15) is 0 Å². The van der Waals surface area contributed by atoms with Gasteiger partial charge >= 0.3 is 0 Å². The van der Waals surface area contributed by atoms with Crippen molar-refractivity contribution in [3.8, 4) is 0 Å². The van der Waals surface area contributed by atoms with Gasteiger partial charge in [0.05, 0.1) is 0 Å². The Labute approximate surface area is 165 Å². The maximum Gasteiger partial charge on any atom is 0.166 e. The second kappa shape index (κ2) is 8.36. The van der Waals surface area contributed by atoms with E-state index in [2.05, 4.69) is 11.0 Å². The minimum Gasteiger partial charge on any atom is -0.303 e. The van der Waals surface area contributed by atoms with E-state index in [0.717, 1.165) is 57.3 Å². The number of Topliss-reactive ketones (excluding diaryl/α,β-unsaturated/α-hetero) is 2. The first-order chi connectivity index (χ1) is 13.6. The highest BCUT2D eigenvalue weighted by Crippen LogP contribution is 2.28. The number of ketones is 2. The molecule has 2 aromatic rings. The zero-order valence-corrected chi connectivity index (χ0v) is 16.1. The van der Waals surface area contributed by atoms with Crippen LogP contribution in [0.3, 0.4) is 0 Å². The summed E-state index contributed by atoms with van der Waals surface area (Å²) in [7, 11) is 0. The Morgan fingerprint density at radius 1 is 1.00 bits per heavy atom. The van der Waals surface area contributed by atoms with Gasteiger partial charge < -0.3 is 4.90 Å². The summed E-state index contributed by atoms with van der Waals surface area (Å²) in [6, 6.07) is 13.8. The van der Waals surface area contributed by atoms with E-state index in [9.17, 15) is 14.0 Å². The molecule has 0 radical (unpaired) electrons. The molecule has 2 aromatic carbocycles. The molecule has 28 heavy (non-hydrogen) atoms. The van der Waals surface area contributed by atoms with Crippen LogP contribution in [0.5, 0.6) is 0 Å². The predicted octanol–water partition coefficient (Wildman–Crippen LogP) is 4.56. The molecule has 1 unspecified atom stereocenters. The van der Waals surface area contributed by atoms with Crippen LogP contribution in [-0.2, 0) is 6.42 Å². The van der Waals surface area contributed by atoms with Crippen LogP contribution < -0.4 is 0 Å². The summed E-state index contributed by atoms with van der Waals surface area (Å²) >= 11 is 0. The summed E-state index contributed by atoms with van der Waals surface area (Å²) in [6.45, 7) is 2.68. The Hall–Kier alpha value is -2.33. The number of carbonyl (C=O) groups is 2. The number of hydrogen-bond acceptors (Lipinski definition) is 3. The summed E-state index contributed by atoms with van der Waals surface area (Å²) < 4.78 is 13.0. The Morgan fingerprint density at radius 2 is 1.71 bits per heavy atom. The molecular weight excluding hydrogens is 353 g/mol. The summed E-state index contributed by atoms with van der Waals surface area (Å²) in [5, 5.41) is 0. The summed E-state index contributed by atoms with van der Waals surface area (Å²) in [5.74, 6) is 0.242. The Morgan fingerprint density at radius 3 is 2.46 bits per heavy atom. The number of fused-ring (bicyclic) bond motifs is 1. The van der Waals surface area contributed by atoms with Crippen molar-refractivity contribution in [1.82, 2.24) is 4.90 Å². The average Bonchev–Trinajstić information content (AvgIpc) is 2.74. The number of piperidine rings is 1. The van der Waals surface area contributed by atoms with Crippen LogP contribution in [0.4, 0.5) is 4.39 Å². The largest absolute Gasteiger partial charge is 0.303 e. The van der Waals surface area contributed by atoms with Crippen molar-refractivity contribution in [3.63, 3.8) is 0 Å². The van der Waals surface area contributed by atoms with Crippen LogP contribution in [0.2, 0.25) is 0 Å². The van der Waals surface area contributed by atoms with E-state index < -0.39 is 0 Å². The van der Waals surface area contributed by atoms with E-state index in [0.29, 0.717) is 11.3 Å². The van der Waals surface area contributed by atoms with Gasteiger partial charge in [0.2, 0.25) is 0 Å². The summed E-state index contributed by atoms with van der Waals surface area (Å²) in [5.41, 5.74) is 2.69. The number of rotatable bonds is 5. The van der Waals surface area contributed by atoms with Gasteiger partial charge in [-0.3, -0.25) is 9.59 Å². The zero-order chi connectivity index (χ0) is 19.5. The molecule has 0 amide bonds. The van der Waals surface area contributed by atoms with E-state index in [4.69, 9.17) is 0 Å². The Bertz CT molecular complexity index is 853. The minimum absolute atomic E-state index is 0.0184. The van der Waals surface area contributed by atoms with Crippen molar-refractivity contribution < 1.29 is 14.0 Å². The average molecular weight is 379 g/mol. The van der Waals surface area contributed by atoms with Gasteiger partial charge in [-0.25, -0.2) is 4.39 Å². The molecule has 1 heterocycles.